The smallest absolute Gasteiger partial charge is 0.349 e. The number of hydrogen-bond acceptors (Lipinski definition) is 5. The molecule has 0 aromatic heterocycles. The van der Waals surface area contributed by atoms with Crippen molar-refractivity contribution in [1.82, 2.24) is 0 Å². The van der Waals surface area contributed by atoms with Crippen LogP contribution in [-0.4, -0.2) is 31.1 Å². The fourth-order valence-corrected chi connectivity index (χ4v) is 2.34. The molecule has 6 heteroatoms. The maximum absolute atomic E-state index is 12.1. The molecule has 19 heavy (non-hydrogen) atoms. The first-order valence-corrected chi connectivity index (χ1v) is 6.75. The van der Waals surface area contributed by atoms with Gasteiger partial charge in [0.05, 0.1) is 17.7 Å². The average Bonchev–Trinajstić information content (AvgIpc) is 2.25. The minimum Gasteiger partial charge on any atom is -0.485 e. The molecule has 0 N–H and O–H groups in total. The van der Waals surface area contributed by atoms with Crippen LogP contribution >= 0.6 is 15.9 Å². The van der Waals surface area contributed by atoms with E-state index in [1.54, 1.807) is 26.0 Å². The summed E-state index contributed by atoms with van der Waals surface area (Å²) >= 11 is 3.38. The third kappa shape index (κ3) is 2.30. The molecule has 2 aliphatic heterocycles. The number of carbonyl (C=O) groups is 1. The Morgan fingerprint density at radius 2 is 2.05 bits per heavy atom. The van der Waals surface area contributed by atoms with E-state index < -0.39 is 11.8 Å². The van der Waals surface area contributed by atoms with Gasteiger partial charge in [0.2, 0.25) is 5.79 Å². The number of cyclic esters (lactones) is 1. The van der Waals surface area contributed by atoms with Crippen molar-refractivity contribution in [3.8, 4) is 11.5 Å². The van der Waals surface area contributed by atoms with Gasteiger partial charge in [-0.2, -0.15) is 0 Å². The molecule has 0 spiro atoms. The third-order valence-corrected chi connectivity index (χ3v) is 3.49. The molecule has 0 unspecified atom stereocenters. The Morgan fingerprint density at radius 1 is 1.32 bits per heavy atom. The second-order valence-electron chi connectivity index (χ2n) is 4.92. The first-order chi connectivity index (χ1) is 8.96. The molecule has 1 aromatic carbocycles. The maximum Gasteiger partial charge on any atom is 0.349 e. The minimum absolute atomic E-state index is 0.0204. The Kier molecular flexibility index (Phi) is 2.94. The summed E-state index contributed by atoms with van der Waals surface area (Å²) in [5.74, 6) is -0.501. The Balaban J connectivity index is 2.01. The first kappa shape index (κ1) is 12.7. The predicted octanol–water partition coefficient (Wildman–Crippen LogP) is 2.51. The van der Waals surface area contributed by atoms with E-state index in [9.17, 15) is 4.79 Å². The van der Waals surface area contributed by atoms with Gasteiger partial charge in [0.25, 0.3) is 0 Å². The fourth-order valence-electron chi connectivity index (χ4n) is 1.93. The van der Waals surface area contributed by atoms with Crippen LogP contribution in [0.2, 0.25) is 0 Å². The van der Waals surface area contributed by atoms with Crippen LogP contribution < -0.4 is 9.47 Å². The van der Waals surface area contributed by atoms with Gasteiger partial charge in [-0.05, 0) is 28.1 Å². The summed E-state index contributed by atoms with van der Waals surface area (Å²) < 4.78 is 22.4. The van der Waals surface area contributed by atoms with Gasteiger partial charge in [-0.25, -0.2) is 4.79 Å². The summed E-state index contributed by atoms with van der Waals surface area (Å²) in [7, 11) is 0. The summed E-state index contributed by atoms with van der Waals surface area (Å²) in [5.41, 5.74) is 0.320. The van der Waals surface area contributed by atoms with Gasteiger partial charge in [0.15, 0.2) is 5.75 Å². The Hall–Kier alpha value is -1.27. The number of benzene rings is 1. The highest BCUT2D eigenvalue weighted by molar-refractivity contribution is 9.10. The number of rotatable bonds is 2. The van der Waals surface area contributed by atoms with Gasteiger partial charge in [0, 0.05) is 13.8 Å². The van der Waals surface area contributed by atoms with Crippen molar-refractivity contribution in [2.45, 2.75) is 25.7 Å². The molecule has 5 nitrogen and oxygen atoms in total. The van der Waals surface area contributed by atoms with Crippen LogP contribution in [0, 0.1) is 0 Å². The topological polar surface area (TPSA) is 54.0 Å². The van der Waals surface area contributed by atoms with Crippen molar-refractivity contribution in [2.75, 3.05) is 13.2 Å². The third-order valence-electron chi connectivity index (χ3n) is 2.86. The summed E-state index contributed by atoms with van der Waals surface area (Å²) in [4.78, 5) is 12.1. The molecule has 1 fully saturated rings. The minimum atomic E-state index is -0.981. The Bertz CT molecular complexity index is 536. The average molecular weight is 329 g/mol. The predicted molar refractivity (Wildman–Crippen MR) is 69.5 cm³/mol. The van der Waals surface area contributed by atoms with Crippen LogP contribution in [-0.2, 0) is 9.47 Å². The van der Waals surface area contributed by atoms with Crippen molar-refractivity contribution in [2.24, 2.45) is 0 Å². The Labute approximate surface area is 118 Å². The first-order valence-electron chi connectivity index (χ1n) is 5.95. The second kappa shape index (κ2) is 4.38. The number of carbonyl (C=O) groups excluding carboxylic acids is 1. The quantitative estimate of drug-likeness (QED) is 0.781. The lowest BCUT2D eigenvalue weighted by molar-refractivity contribution is -0.129. The lowest BCUT2D eigenvalue weighted by atomic mass is 10.1. The van der Waals surface area contributed by atoms with E-state index in [4.69, 9.17) is 18.9 Å². The number of fused-ring (bicyclic) bond motifs is 1. The number of hydrogen-bond donors (Lipinski definition) is 0. The maximum atomic E-state index is 12.1. The van der Waals surface area contributed by atoms with E-state index in [1.165, 1.54) is 0 Å². The van der Waals surface area contributed by atoms with Crippen LogP contribution in [0.15, 0.2) is 16.6 Å². The van der Waals surface area contributed by atoms with Gasteiger partial charge in [-0.3, -0.25) is 0 Å². The zero-order chi connectivity index (χ0) is 13.6. The summed E-state index contributed by atoms with van der Waals surface area (Å²) in [6.45, 7) is 4.44. The molecule has 0 aliphatic carbocycles. The number of esters is 1. The van der Waals surface area contributed by atoms with E-state index in [1.807, 2.05) is 0 Å². The lowest BCUT2D eigenvalue weighted by Gasteiger charge is -2.34. The van der Waals surface area contributed by atoms with Gasteiger partial charge in [0.1, 0.15) is 17.4 Å². The standard InChI is InChI=1S/C13H13BrO5/c1-13(2)18-11-8(14)3-4-9(10(11)12(15)19-13)17-7-5-16-6-7/h3-4,7H,5-6H2,1-2H3. The van der Waals surface area contributed by atoms with Crippen molar-refractivity contribution in [3.05, 3.63) is 22.2 Å². The largest absolute Gasteiger partial charge is 0.485 e. The van der Waals surface area contributed by atoms with Crippen molar-refractivity contribution in [3.63, 3.8) is 0 Å². The van der Waals surface area contributed by atoms with Crippen LogP contribution in [0.5, 0.6) is 11.5 Å². The van der Waals surface area contributed by atoms with Crippen LogP contribution in [0.4, 0.5) is 0 Å². The fraction of sp³-hybridized carbons (Fsp3) is 0.462. The highest BCUT2D eigenvalue weighted by atomic mass is 79.9. The summed E-state index contributed by atoms with van der Waals surface area (Å²) in [6, 6.07) is 3.52. The van der Waals surface area contributed by atoms with Crippen molar-refractivity contribution >= 4 is 21.9 Å². The van der Waals surface area contributed by atoms with Crippen molar-refractivity contribution < 1.29 is 23.7 Å². The lowest BCUT2D eigenvalue weighted by Crippen LogP contribution is -2.41. The molecule has 0 radical (unpaired) electrons. The molecule has 1 aromatic rings. The van der Waals surface area contributed by atoms with Crippen molar-refractivity contribution in [1.29, 1.82) is 0 Å². The molecular weight excluding hydrogens is 316 g/mol. The normalized spacial score (nSPS) is 20.9. The molecule has 0 bridgehead atoms. The number of ether oxygens (including phenoxy) is 4. The summed E-state index contributed by atoms with van der Waals surface area (Å²) in [6.07, 6.45) is -0.0204. The van der Waals surface area contributed by atoms with E-state index in [0.717, 1.165) is 0 Å². The van der Waals surface area contributed by atoms with Crippen LogP contribution in [0.1, 0.15) is 24.2 Å². The number of halogens is 1. The molecule has 2 aliphatic rings. The monoisotopic (exact) mass is 328 g/mol. The van der Waals surface area contributed by atoms with Crippen LogP contribution in [0.3, 0.4) is 0 Å². The highest BCUT2D eigenvalue weighted by Gasteiger charge is 2.38. The Morgan fingerprint density at radius 3 is 2.68 bits per heavy atom. The molecule has 0 amide bonds. The summed E-state index contributed by atoms with van der Waals surface area (Å²) in [5, 5.41) is 0. The molecule has 0 atom stereocenters. The zero-order valence-electron chi connectivity index (χ0n) is 10.6. The zero-order valence-corrected chi connectivity index (χ0v) is 12.2. The molecule has 0 saturated carbocycles. The molecular formula is C13H13BrO5. The van der Waals surface area contributed by atoms with E-state index in [2.05, 4.69) is 15.9 Å². The molecule has 1 saturated heterocycles. The van der Waals surface area contributed by atoms with Gasteiger partial charge >= 0.3 is 5.97 Å². The molecule has 3 rings (SSSR count). The van der Waals surface area contributed by atoms with Gasteiger partial charge < -0.3 is 18.9 Å². The van der Waals surface area contributed by atoms with E-state index >= 15 is 0 Å². The highest BCUT2D eigenvalue weighted by Crippen LogP contribution is 2.42. The molecule has 102 valence electrons. The van der Waals surface area contributed by atoms with E-state index in [-0.39, 0.29) is 6.10 Å². The SMILES string of the molecule is CC1(C)OC(=O)c2c(OC3COC3)ccc(Br)c2O1. The van der Waals surface area contributed by atoms with E-state index in [0.29, 0.717) is 34.7 Å². The second-order valence-corrected chi connectivity index (χ2v) is 5.77. The van der Waals surface area contributed by atoms with Crippen LogP contribution in [0.25, 0.3) is 0 Å². The van der Waals surface area contributed by atoms with Gasteiger partial charge in [-0.1, -0.05) is 0 Å². The molecule has 2 heterocycles. The van der Waals surface area contributed by atoms with Gasteiger partial charge in [-0.15, -0.1) is 0 Å².